The second-order valence-electron chi connectivity index (χ2n) is 6.53. The van der Waals surface area contributed by atoms with Crippen LogP contribution >= 0.6 is 0 Å². The Balaban J connectivity index is 1.88. The smallest absolute Gasteiger partial charge is 0.242 e. The van der Waals surface area contributed by atoms with Crippen LogP contribution in [0.5, 0.6) is 0 Å². The van der Waals surface area contributed by atoms with Crippen molar-refractivity contribution in [3.8, 4) is 0 Å². The molecule has 1 aromatic heterocycles. The lowest BCUT2D eigenvalue weighted by molar-refractivity contribution is 0.521. The average molecular weight is 467 g/mol. The molecule has 0 spiro atoms. The largest absolute Gasteiger partial charge is 0.338 e. The lowest BCUT2D eigenvalue weighted by Crippen LogP contribution is -2.22. The lowest BCUT2D eigenvalue weighted by atomic mass is 10.3. The van der Waals surface area contributed by atoms with Crippen molar-refractivity contribution in [2.24, 2.45) is 5.14 Å². The number of benzene rings is 2. The Bertz CT molecular complexity index is 1330. The SMILES string of the molecule is CN(C)S(=O)(=O)c1cccc(Nc2nc(Nc3cccc(S(N)(=O)=O)c3)ncc2F)c1. The summed E-state index contributed by atoms with van der Waals surface area (Å²) in [7, 11) is -4.76. The molecule has 3 rings (SSSR count). The number of sulfonamides is 2. The number of nitrogens with two attached hydrogens (primary N) is 1. The molecule has 4 N–H and O–H groups in total. The molecule has 0 saturated carbocycles. The van der Waals surface area contributed by atoms with E-state index in [2.05, 4.69) is 20.6 Å². The second-order valence-corrected chi connectivity index (χ2v) is 10.2. The van der Waals surface area contributed by atoms with Gasteiger partial charge in [0.05, 0.1) is 16.0 Å². The molecule has 3 aromatic rings. The van der Waals surface area contributed by atoms with E-state index in [1.165, 1.54) is 50.5 Å². The zero-order valence-corrected chi connectivity index (χ0v) is 18.1. The molecule has 0 aliphatic carbocycles. The molecule has 0 fully saturated rings. The fourth-order valence-corrected chi connectivity index (χ4v) is 3.98. The zero-order chi connectivity index (χ0) is 22.8. The highest BCUT2D eigenvalue weighted by atomic mass is 32.2. The van der Waals surface area contributed by atoms with Crippen LogP contribution in [0, 0.1) is 5.82 Å². The van der Waals surface area contributed by atoms with Crippen LogP contribution < -0.4 is 15.8 Å². The quantitative estimate of drug-likeness (QED) is 0.479. The van der Waals surface area contributed by atoms with Crippen LogP contribution in [0.15, 0.2) is 64.5 Å². The first-order chi connectivity index (χ1) is 14.5. The number of anilines is 4. The molecular weight excluding hydrogens is 447 g/mol. The van der Waals surface area contributed by atoms with Crippen LogP contribution in [0.4, 0.5) is 27.5 Å². The molecule has 2 aromatic carbocycles. The molecular formula is C18H19FN6O4S2. The Hall–Kier alpha value is -3.13. The summed E-state index contributed by atoms with van der Waals surface area (Å²) in [5.74, 6) is -1.00. The van der Waals surface area contributed by atoms with Crippen molar-refractivity contribution in [2.45, 2.75) is 9.79 Å². The van der Waals surface area contributed by atoms with Crippen LogP contribution in [0.2, 0.25) is 0 Å². The van der Waals surface area contributed by atoms with Crippen molar-refractivity contribution >= 4 is 43.2 Å². The van der Waals surface area contributed by atoms with Gasteiger partial charge < -0.3 is 10.6 Å². The van der Waals surface area contributed by atoms with E-state index >= 15 is 0 Å². The Kier molecular flexibility index (Phi) is 6.22. The number of rotatable bonds is 7. The van der Waals surface area contributed by atoms with E-state index in [0.717, 1.165) is 10.5 Å². The maximum atomic E-state index is 14.2. The first kappa shape index (κ1) is 22.6. The molecule has 0 aliphatic heterocycles. The highest BCUT2D eigenvalue weighted by Crippen LogP contribution is 2.24. The van der Waals surface area contributed by atoms with E-state index in [1.54, 1.807) is 12.1 Å². The zero-order valence-electron chi connectivity index (χ0n) is 16.4. The third-order valence-electron chi connectivity index (χ3n) is 4.04. The first-order valence-corrected chi connectivity index (χ1v) is 11.7. The Morgan fingerprint density at radius 3 is 2.13 bits per heavy atom. The summed E-state index contributed by atoms with van der Waals surface area (Å²) in [6.07, 6.45) is 0.918. The van der Waals surface area contributed by atoms with Gasteiger partial charge in [0.1, 0.15) is 0 Å². The summed E-state index contributed by atoms with van der Waals surface area (Å²) in [6, 6.07) is 11.5. The predicted octanol–water partition coefficient (Wildman–Crippen LogP) is 2.00. The molecule has 164 valence electrons. The summed E-state index contributed by atoms with van der Waals surface area (Å²) in [4.78, 5) is 7.77. The van der Waals surface area contributed by atoms with Crippen molar-refractivity contribution in [3.63, 3.8) is 0 Å². The van der Waals surface area contributed by atoms with Gasteiger partial charge in [0.2, 0.25) is 26.0 Å². The summed E-state index contributed by atoms with van der Waals surface area (Å²) < 4.78 is 62.9. The highest BCUT2D eigenvalue weighted by molar-refractivity contribution is 7.89. The van der Waals surface area contributed by atoms with Gasteiger partial charge in [-0.05, 0) is 36.4 Å². The molecule has 0 atom stereocenters. The van der Waals surface area contributed by atoms with Crippen LogP contribution in [0.25, 0.3) is 0 Å². The molecule has 0 unspecified atom stereocenters. The summed E-state index contributed by atoms with van der Waals surface area (Å²) >= 11 is 0. The topological polar surface area (TPSA) is 147 Å². The molecule has 1 heterocycles. The minimum Gasteiger partial charge on any atom is -0.338 e. The van der Waals surface area contributed by atoms with Crippen molar-refractivity contribution in [1.29, 1.82) is 0 Å². The van der Waals surface area contributed by atoms with Gasteiger partial charge in [-0.3, -0.25) is 0 Å². The summed E-state index contributed by atoms with van der Waals surface area (Å²) in [6.45, 7) is 0. The normalized spacial score (nSPS) is 12.0. The first-order valence-electron chi connectivity index (χ1n) is 8.69. The van der Waals surface area contributed by atoms with E-state index in [4.69, 9.17) is 5.14 Å². The number of hydrogen-bond donors (Lipinski definition) is 3. The summed E-state index contributed by atoms with van der Waals surface area (Å²) in [5.41, 5.74) is 0.617. The van der Waals surface area contributed by atoms with Gasteiger partial charge in [0, 0.05) is 25.5 Å². The number of nitrogens with one attached hydrogen (secondary N) is 2. The molecule has 10 nitrogen and oxygen atoms in total. The standard InChI is InChI=1S/C18H19FN6O4S2/c1-25(2)31(28,29)15-8-4-5-12(10-15)22-17-16(19)11-21-18(24-17)23-13-6-3-7-14(9-13)30(20,26)27/h3-11H,1-2H3,(H2,20,26,27)(H2,21,22,23,24). The van der Waals surface area contributed by atoms with Crippen molar-refractivity contribution in [2.75, 3.05) is 24.7 Å². The van der Waals surface area contributed by atoms with Crippen LogP contribution in [0.3, 0.4) is 0 Å². The molecule has 31 heavy (non-hydrogen) atoms. The van der Waals surface area contributed by atoms with Crippen molar-refractivity contribution in [3.05, 3.63) is 60.5 Å². The minimum absolute atomic E-state index is 0.0208. The highest BCUT2D eigenvalue weighted by Gasteiger charge is 2.18. The van der Waals surface area contributed by atoms with Gasteiger partial charge in [-0.15, -0.1) is 0 Å². The van der Waals surface area contributed by atoms with Crippen molar-refractivity contribution in [1.82, 2.24) is 14.3 Å². The van der Waals surface area contributed by atoms with Gasteiger partial charge in [-0.1, -0.05) is 12.1 Å². The third kappa shape index (κ3) is 5.32. The Morgan fingerprint density at radius 2 is 1.52 bits per heavy atom. The lowest BCUT2D eigenvalue weighted by Gasteiger charge is -2.13. The van der Waals surface area contributed by atoms with Crippen LogP contribution in [-0.4, -0.2) is 45.2 Å². The van der Waals surface area contributed by atoms with Crippen molar-refractivity contribution < 1.29 is 21.2 Å². The van der Waals surface area contributed by atoms with E-state index < -0.39 is 25.9 Å². The molecule has 0 bridgehead atoms. The van der Waals surface area contributed by atoms with E-state index in [9.17, 15) is 21.2 Å². The van der Waals surface area contributed by atoms with Gasteiger partial charge >= 0.3 is 0 Å². The number of primary sulfonamides is 1. The molecule has 13 heteroatoms. The Labute approximate surface area is 179 Å². The average Bonchev–Trinajstić information content (AvgIpc) is 2.70. The minimum atomic E-state index is -3.90. The van der Waals surface area contributed by atoms with E-state index in [-0.39, 0.29) is 21.6 Å². The fourth-order valence-electron chi connectivity index (χ4n) is 2.48. The number of aromatic nitrogens is 2. The fraction of sp³-hybridized carbons (Fsp3) is 0.111. The monoisotopic (exact) mass is 466 g/mol. The van der Waals surface area contributed by atoms with E-state index in [0.29, 0.717) is 11.4 Å². The molecule has 0 aliphatic rings. The number of nitrogens with zero attached hydrogens (tertiary/aromatic N) is 3. The van der Waals surface area contributed by atoms with Gasteiger partial charge in [-0.25, -0.2) is 35.7 Å². The van der Waals surface area contributed by atoms with Gasteiger partial charge in [0.15, 0.2) is 11.6 Å². The number of hydrogen-bond acceptors (Lipinski definition) is 8. The summed E-state index contributed by atoms with van der Waals surface area (Å²) in [5, 5.41) is 10.6. The molecule has 0 saturated heterocycles. The Morgan fingerprint density at radius 1 is 0.935 bits per heavy atom. The van der Waals surface area contributed by atoms with Crippen LogP contribution in [0.1, 0.15) is 0 Å². The van der Waals surface area contributed by atoms with Gasteiger partial charge in [-0.2, -0.15) is 4.98 Å². The van der Waals surface area contributed by atoms with E-state index in [1.807, 2.05) is 0 Å². The second kappa shape index (κ2) is 8.55. The molecule has 0 amide bonds. The van der Waals surface area contributed by atoms with Crippen LogP contribution in [-0.2, 0) is 20.0 Å². The predicted molar refractivity (Wildman–Crippen MR) is 114 cm³/mol. The maximum Gasteiger partial charge on any atom is 0.242 e. The molecule has 0 radical (unpaired) electrons. The third-order valence-corrected chi connectivity index (χ3v) is 6.76. The number of halogens is 1. The van der Waals surface area contributed by atoms with Gasteiger partial charge in [0.25, 0.3) is 0 Å². The maximum absolute atomic E-state index is 14.2.